The average molecular weight is 450 g/mol. The number of aromatic nitrogens is 2. The van der Waals surface area contributed by atoms with Crippen LogP contribution in [-0.4, -0.2) is 15.9 Å². The second-order valence-corrected chi connectivity index (χ2v) is 7.65. The van der Waals surface area contributed by atoms with Gasteiger partial charge in [-0.2, -0.15) is 18.2 Å². The molecule has 3 aromatic rings. The van der Waals surface area contributed by atoms with Crippen LogP contribution >= 0.6 is 11.6 Å². The Morgan fingerprint density at radius 1 is 1.13 bits per heavy atom. The average Bonchev–Trinajstić information content (AvgIpc) is 2.71. The smallest absolute Gasteiger partial charge is 0.352 e. The molecule has 0 saturated heterocycles. The maximum atomic E-state index is 12.8. The first-order chi connectivity index (χ1) is 14.5. The Morgan fingerprint density at radius 3 is 2.42 bits per heavy atom. The lowest BCUT2D eigenvalue weighted by Crippen LogP contribution is -2.27. The Hall–Kier alpha value is -3.13. The highest BCUT2D eigenvalue weighted by molar-refractivity contribution is 6.33. The van der Waals surface area contributed by atoms with Gasteiger partial charge in [-0.05, 0) is 35.9 Å². The standard InChI is InChI=1S/C22H19ClF3N3O2/c1-12(2)20(30)27-11-13-3-8-17(23)16(9-13)19-10-18(28-21(31)29-19)14-4-6-15(7-5-14)22(24,25)26/h3-10,12H,11H2,1-2H3,(H,27,30)(H,28,29,31). The first-order valence-electron chi connectivity index (χ1n) is 9.40. The number of carbonyl (C=O) groups is 1. The molecule has 0 radical (unpaired) electrons. The molecule has 31 heavy (non-hydrogen) atoms. The predicted molar refractivity (Wildman–Crippen MR) is 112 cm³/mol. The van der Waals surface area contributed by atoms with Crippen molar-refractivity contribution in [2.75, 3.05) is 0 Å². The van der Waals surface area contributed by atoms with Crippen molar-refractivity contribution in [1.29, 1.82) is 0 Å². The van der Waals surface area contributed by atoms with Crippen molar-refractivity contribution in [3.05, 3.63) is 75.2 Å². The molecular formula is C22H19ClF3N3O2. The Balaban J connectivity index is 1.95. The molecule has 9 heteroatoms. The van der Waals surface area contributed by atoms with Crippen LogP contribution in [0.25, 0.3) is 22.5 Å². The van der Waals surface area contributed by atoms with Crippen LogP contribution in [0, 0.1) is 5.92 Å². The Morgan fingerprint density at radius 2 is 1.81 bits per heavy atom. The number of halogens is 4. The Kier molecular flexibility index (Phi) is 6.50. The Labute approximate surface area is 181 Å². The fraction of sp³-hybridized carbons (Fsp3) is 0.227. The molecule has 1 amide bonds. The molecule has 0 aliphatic heterocycles. The molecule has 0 atom stereocenters. The SMILES string of the molecule is CC(C)C(=O)NCc1ccc(Cl)c(-c2cc(-c3ccc(C(F)(F)F)cc3)nc(=O)[nH]2)c1. The van der Waals surface area contributed by atoms with Crippen LogP contribution in [0.1, 0.15) is 25.0 Å². The summed E-state index contributed by atoms with van der Waals surface area (Å²) in [6, 6.07) is 11.0. The quantitative estimate of drug-likeness (QED) is 0.572. The topological polar surface area (TPSA) is 74.8 Å². The van der Waals surface area contributed by atoms with Gasteiger partial charge in [-0.3, -0.25) is 4.79 Å². The Bertz CT molecular complexity index is 1160. The second kappa shape index (κ2) is 8.93. The van der Waals surface area contributed by atoms with E-state index in [0.717, 1.165) is 17.7 Å². The summed E-state index contributed by atoms with van der Waals surface area (Å²) in [6.45, 7) is 3.85. The third kappa shape index (κ3) is 5.52. The van der Waals surface area contributed by atoms with E-state index in [4.69, 9.17) is 11.6 Å². The third-order valence-electron chi connectivity index (χ3n) is 4.56. The fourth-order valence-electron chi connectivity index (χ4n) is 2.86. The van der Waals surface area contributed by atoms with Crippen LogP contribution in [0.15, 0.2) is 53.3 Å². The number of hydrogen-bond acceptors (Lipinski definition) is 3. The van der Waals surface area contributed by atoms with Crippen molar-refractivity contribution in [2.24, 2.45) is 5.92 Å². The zero-order chi connectivity index (χ0) is 22.8. The summed E-state index contributed by atoms with van der Waals surface area (Å²) in [6.07, 6.45) is -4.45. The van der Waals surface area contributed by atoms with Crippen LogP contribution in [0.2, 0.25) is 5.02 Å². The maximum Gasteiger partial charge on any atom is 0.416 e. The van der Waals surface area contributed by atoms with Gasteiger partial charge in [0.15, 0.2) is 0 Å². The van der Waals surface area contributed by atoms with E-state index in [1.54, 1.807) is 38.1 Å². The van der Waals surface area contributed by atoms with Gasteiger partial charge < -0.3 is 10.3 Å². The van der Waals surface area contributed by atoms with Gasteiger partial charge in [0.1, 0.15) is 0 Å². The molecule has 3 rings (SSSR count). The molecule has 0 spiro atoms. The van der Waals surface area contributed by atoms with Crippen molar-refractivity contribution < 1.29 is 18.0 Å². The summed E-state index contributed by atoms with van der Waals surface area (Å²) in [4.78, 5) is 30.4. The number of carbonyl (C=O) groups excluding carboxylic acids is 1. The minimum Gasteiger partial charge on any atom is -0.352 e. The molecule has 5 nitrogen and oxygen atoms in total. The molecule has 0 aliphatic carbocycles. The second-order valence-electron chi connectivity index (χ2n) is 7.25. The number of nitrogens with zero attached hydrogens (tertiary/aromatic N) is 1. The fourth-order valence-corrected chi connectivity index (χ4v) is 3.08. The van der Waals surface area contributed by atoms with E-state index in [9.17, 15) is 22.8 Å². The molecular weight excluding hydrogens is 431 g/mol. The van der Waals surface area contributed by atoms with Crippen LogP contribution < -0.4 is 11.0 Å². The maximum absolute atomic E-state index is 12.8. The lowest BCUT2D eigenvalue weighted by Gasteiger charge is -2.11. The molecule has 1 aromatic heterocycles. The van der Waals surface area contributed by atoms with Crippen molar-refractivity contribution >= 4 is 17.5 Å². The van der Waals surface area contributed by atoms with Crippen LogP contribution in [0.5, 0.6) is 0 Å². The third-order valence-corrected chi connectivity index (χ3v) is 4.89. The lowest BCUT2D eigenvalue weighted by atomic mass is 10.0. The van der Waals surface area contributed by atoms with Crippen LogP contribution in [-0.2, 0) is 17.5 Å². The summed E-state index contributed by atoms with van der Waals surface area (Å²) in [5, 5.41) is 3.16. The predicted octanol–water partition coefficient (Wildman–Crippen LogP) is 5.05. The van der Waals surface area contributed by atoms with E-state index in [0.29, 0.717) is 21.8 Å². The molecule has 162 valence electrons. The zero-order valence-corrected chi connectivity index (χ0v) is 17.4. The van der Waals surface area contributed by atoms with Crippen LogP contribution in [0.3, 0.4) is 0 Å². The van der Waals surface area contributed by atoms with Crippen molar-refractivity contribution in [3.63, 3.8) is 0 Å². The van der Waals surface area contributed by atoms with Gasteiger partial charge in [-0.25, -0.2) is 4.79 Å². The minimum atomic E-state index is -4.45. The molecule has 0 saturated carbocycles. The molecule has 2 aromatic carbocycles. The monoisotopic (exact) mass is 449 g/mol. The molecule has 0 fully saturated rings. The summed E-state index contributed by atoms with van der Waals surface area (Å²) in [5.74, 6) is -0.256. The van der Waals surface area contributed by atoms with Gasteiger partial charge in [0.25, 0.3) is 0 Å². The van der Waals surface area contributed by atoms with Crippen molar-refractivity contribution in [3.8, 4) is 22.5 Å². The lowest BCUT2D eigenvalue weighted by molar-refractivity contribution is -0.137. The number of nitrogens with one attached hydrogen (secondary N) is 2. The number of benzene rings is 2. The molecule has 2 N–H and O–H groups in total. The van der Waals surface area contributed by atoms with Gasteiger partial charge in [0, 0.05) is 28.6 Å². The van der Waals surface area contributed by atoms with E-state index in [2.05, 4.69) is 15.3 Å². The van der Waals surface area contributed by atoms with Gasteiger partial charge >= 0.3 is 11.9 Å². The summed E-state index contributed by atoms with van der Waals surface area (Å²) in [7, 11) is 0. The van der Waals surface area contributed by atoms with Gasteiger partial charge in [-0.15, -0.1) is 0 Å². The summed E-state index contributed by atoms with van der Waals surface area (Å²) >= 11 is 6.31. The molecule has 0 aliphatic rings. The number of H-pyrrole nitrogens is 1. The van der Waals surface area contributed by atoms with Crippen molar-refractivity contribution in [1.82, 2.24) is 15.3 Å². The number of hydrogen-bond donors (Lipinski definition) is 2. The summed E-state index contributed by atoms with van der Waals surface area (Å²) in [5.41, 5.74) is 0.742. The molecule has 1 heterocycles. The highest BCUT2D eigenvalue weighted by atomic mass is 35.5. The molecule has 0 bridgehead atoms. The summed E-state index contributed by atoms with van der Waals surface area (Å²) < 4.78 is 38.4. The highest BCUT2D eigenvalue weighted by Gasteiger charge is 2.30. The first kappa shape index (κ1) is 22.6. The van der Waals surface area contributed by atoms with Crippen LogP contribution in [0.4, 0.5) is 13.2 Å². The molecule has 0 unspecified atom stereocenters. The van der Waals surface area contributed by atoms with E-state index in [1.165, 1.54) is 12.1 Å². The minimum absolute atomic E-state index is 0.0987. The normalized spacial score (nSPS) is 11.6. The number of alkyl halides is 3. The largest absolute Gasteiger partial charge is 0.416 e. The van der Waals surface area contributed by atoms with E-state index in [-0.39, 0.29) is 24.1 Å². The highest BCUT2D eigenvalue weighted by Crippen LogP contribution is 2.32. The number of aromatic amines is 1. The number of amides is 1. The number of rotatable bonds is 5. The first-order valence-corrected chi connectivity index (χ1v) is 9.78. The van der Waals surface area contributed by atoms with Gasteiger partial charge in [0.05, 0.1) is 17.0 Å². The van der Waals surface area contributed by atoms with Crippen molar-refractivity contribution in [2.45, 2.75) is 26.6 Å². The zero-order valence-electron chi connectivity index (χ0n) is 16.7. The van der Waals surface area contributed by atoms with Gasteiger partial charge in [0.2, 0.25) is 5.91 Å². The van der Waals surface area contributed by atoms with Gasteiger partial charge in [-0.1, -0.05) is 43.6 Å². The van der Waals surface area contributed by atoms with E-state index >= 15 is 0 Å². The van der Waals surface area contributed by atoms with E-state index < -0.39 is 17.4 Å². The van der Waals surface area contributed by atoms with E-state index in [1.807, 2.05) is 0 Å².